The third-order valence-electron chi connectivity index (χ3n) is 8.46. The Morgan fingerprint density at radius 3 is 2.20 bits per heavy atom. The molecule has 0 aliphatic rings. The summed E-state index contributed by atoms with van der Waals surface area (Å²) in [4.78, 5) is 44.6. The van der Waals surface area contributed by atoms with E-state index in [1.165, 1.54) is 16.9 Å². The van der Waals surface area contributed by atoms with E-state index in [2.05, 4.69) is 15.4 Å². The second-order valence-electron chi connectivity index (χ2n) is 12.7. The van der Waals surface area contributed by atoms with Crippen LogP contribution in [0.15, 0.2) is 109 Å². The van der Waals surface area contributed by atoms with Crippen molar-refractivity contribution in [3.05, 3.63) is 154 Å². The minimum atomic E-state index is -1.27. The van der Waals surface area contributed by atoms with Gasteiger partial charge in [0.25, 0.3) is 5.91 Å². The minimum Gasteiger partial charge on any atom is -0.487 e. The summed E-state index contributed by atoms with van der Waals surface area (Å²) in [5.74, 6) is -3.47. The third-order valence-corrected chi connectivity index (χ3v) is 8.80. The van der Waals surface area contributed by atoms with Crippen LogP contribution in [0.1, 0.15) is 57.4 Å². The van der Waals surface area contributed by atoms with E-state index in [-0.39, 0.29) is 33.9 Å². The SMILES string of the molecule is Cc1cc(-n2cc(F)cn2)c2cccc(OCc3c(Cl)cc(F)cc3C(COC(=O)c3ccccc3)NC(=O)C(OC(=O)c3ccccc3)C(C)C)c2n1. The lowest BCUT2D eigenvalue weighted by molar-refractivity contribution is -0.133. The predicted octanol–water partition coefficient (Wildman–Crippen LogP) is 8.14. The molecule has 0 spiro atoms. The minimum absolute atomic E-state index is 0.0216. The molecule has 2 heterocycles. The van der Waals surface area contributed by atoms with Crippen LogP contribution < -0.4 is 10.1 Å². The fourth-order valence-electron chi connectivity index (χ4n) is 5.83. The van der Waals surface area contributed by atoms with Crippen LogP contribution in [0.4, 0.5) is 8.78 Å². The lowest BCUT2D eigenvalue weighted by Crippen LogP contribution is -2.44. The van der Waals surface area contributed by atoms with Gasteiger partial charge in [-0.05, 0) is 66.9 Å². The summed E-state index contributed by atoms with van der Waals surface area (Å²) < 4.78 is 48.1. The molecule has 0 aliphatic heterocycles. The number of ether oxygens (including phenoxy) is 3. The number of rotatable bonds is 13. The van der Waals surface area contributed by atoms with Crippen LogP contribution in [0.2, 0.25) is 5.02 Å². The van der Waals surface area contributed by atoms with Gasteiger partial charge in [-0.2, -0.15) is 5.10 Å². The number of para-hydroxylation sites is 1. The van der Waals surface area contributed by atoms with Gasteiger partial charge in [0.05, 0.1) is 40.3 Å². The van der Waals surface area contributed by atoms with E-state index >= 15 is 4.39 Å². The van der Waals surface area contributed by atoms with Crippen molar-refractivity contribution in [1.82, 2.24) is 20.1 Å². The molecule has 6 rings (SSSR count). The number of halogens is 3. The zero-order valence-electron chi connectivity index (χ0n) is 29.5. The number of nitrogens with one attached hydrogen (secondary N) is 1. The van der Waals surface area contributed by atoms with E-state index in [4.69, 9.17) is 25.8 Å². The van der Waals surface area contributed by atoms with E-state index in [9.17, 15) is 18.8 Å². The first kappa shape index (κ1) is 37.6. The van der Waals surface area contributed by atoms with Crippen molar-refractivity contribution in [2.24, 2.45) is 5.92 Å². The van der Waals surface area contributed by atoms with Gasteiger partial charge in [-0.25, -0.2) is 28.0 Å². The molecule has 276 valence electrons. The summed E-state index contributed by atoms with van der Waals surface area (Å²) in [6.07, 6.45) is 1.08. The fraction of sp³-hybridized carbons (Fsp3) is 0.195. The molecular weight excluding hydrogens is 718 g/mol. The van der Waals surface area contributed by atoms with Crippen molar-refractivity contribution in [2.75, 3.05) is 6.61 Å². The van der Waals surface area contributed by atoms with Crippen molar-refractivity contribution in [1.29, 1.82) is 0 Å². The van der Waals surface area contributed by atoms with Gasteiger partial charge in [-0.15, -0.1) is 0 Å². The van der Waals surface area contributed by atoms with Gasteiger partial charge in [0.15, 0.2) is 11.9 Å². The number of fused-ring (bicyclic) bond motifs is 1. The molecular formula is C41H35ClF2N4O6. The molecule has 6 aromatic rings. The van der Waals surface area contributed by atoms with Gasteiger partial charge in [0.2, 0.25) is 0 Å². The molecule has 2 atom stereocenters. The molecule has 0 bridgehead atoms. The summed E-state index contributed by atoms with van der Waals surface area (Å²) in [5, 5.41) is 7.51. The number of amides is 1. The van der Waals surface area contributed by atoms with Crippen LogP contribution in [-0.2, 0) is 20.9 Å². The van der Waals surface area contributed by atoms with Gasteiger partial charge in [0.1, 0.15) is 30.3 Å². The van der Waals surface area contributed by atoms with Gasteiger partial charge < -0.3 is 19.5 Å². The van der Waals surface area contributed by atoms with Crippen LogP contribution >= 0.6 is 11.6 Å². The monoisotopic (exact) mass is 752 g/mol. The lowest BCUT2D eigenvalue weighted by atomic mass is 9.99. The summed E-state index contributed by atoms with van der Waals surface area (Å²) in [5.41, 5.74) is 2.58. The Bertz CT molecular complexity index is 2300. The maximum Gasteiger partial charge on any atom is 0.338 e. The molecule has 1 amide bonds. The van der Waals surface area contributed by atoms with E-state index in [1.54, 1.807) is 106 Å². The zero-order chi connectivity index (χ0) is 38.4. The van der Waals surface area contributed by atoms with Crippen molar-refractivity contribution >= 4 is 40.3 Å². The van der Waals surface area contributed by atoms with Gasteiger partial charge >= 0.3 is 11.9 Å². The Labute approximate surface area is 314 Å². The summed E-state index contributed by atoms with van der Waals surface area (Å²) >= 11 is 6.67. The average molecular weight is 753 g/mol. The summed E-state index contributed by atoms with van der Waals surface area (Å²) in [6.45, 7) is 4.52. The Kier molecular flexibility index (Phi) is 11.6. The first-order valence-electron chi connectivity index (χ1n) is 17.0. The molecule has 0 aliphatic carbocycles. The third kappa shape index (κ3) is 8.72. The number of aromatic nitrogens is 3. The second kappa shape index (κ2) is 16.7. The molecule has 54 heavy (non-hydrogen) atoms. The number of esters is 2. The largest absolute Gasteiger partial charge is 0.487 e. The molecule has 4 aromatic carbocycles. The number of carbonyl (C=O) groups excluding carboxylic acids is 3. The second-order valence-corrected chi connectivity index (χ2v) is 13.2. The van der Waals surface area contributed by atoms with Gasteiger partial charge in [-0.3, -0.25) is 4.79 Å². The Morgan fingerprint density at radius 2 is 1.56 bits per heavy atom. The smallest absolute Gasteiger partial charge is 0.338 e. The Morgan fingerprint density at radius 1 is 0.870 bits per heavy atom. The van der Waals surface area contributed by atoms with Crippen molar-refractivity contribution < 1.29 is 37.4 Å². The Balaban J connectivity index is 1.33. The fourth-order valence-corrected chi connectivity index (χ4v) is 6.10. The number of benzene rings is 4. The average Bonchev–Trinajstić information content (AvgIpc) is 3.60. The molecule has 1 N–H and O–H groups in total. The molecule has 0 saturated heterocycles. The van der Waals surface area contributed by atoms with Crippen LogP contribution in [0, 0.1) is 24.5 Å². The van der Waals surface area contributed by atoms with Crippen molar-refractivity contribution in [2.45, 2.75) is 39.5 Å². The van der Waals surface area contributed by atoms with E-state index < -0.39 is 54.2 Å². The molecule has 0 radical (unpaired) electrons. The number of hydrogen-bond donors (Lipinski definition) is 1. The standard InChI is InChI=1S/C41H35ClF2N4O6/c1-24(2)38(54-41(51)27-13-8-5-9-14-27)39(49)47-34(23-53-40(50)26-11-6-4-7-12-26)31-18-28(43)19-33(42)32(31)22-52-36-16-10-15-30-35(17-25(3)46-37(30)36)48-21-29(44)20-45-48/h4-21,24,34,38H,22-23H2,1-3H3,(H,47,49). The van der Waals surface area contributed by atoms with Crippen LogP contribution in [-0.4, -0.2) is 45.3 Å². The number of pyridine rings is 1. The number of aryl methyl sites for hydroxylation is 1. The lowest BCUT2D eigenvalue weighted by Gasteiger charge is -2.27. The van der Waals surface area contributed by atoms with Crippen molar-refractivity contribution in [3.8, 4) is 11.4 Å². The number of nitrogens with zero attached hydrogens (tertiary/aromatic N) is 3. The van der Waals surface area contributed by atoms with Gasteiger partial charge in [0, 0.05) is 16.6 Å². The quantitative estimate of drug-likeness (QED) is 0.117. The number of hydrogen-bond acceptors (Lipinski definition) is 8. The zero-order valence-corrected chi connectivity index (χ0v) is 30.2. The highest BCUT2D eigenvalue weighted by Gasteiger charge is 2.31. The van der Waals surface area contributed by atoms with Crippen molar-refractivity contribution in [3.63, 3.8) is 0 Å². The van der Waals surface area contributed by atoms with Crippen LogP contribution in [0.5, 0.6) is 5.75 Å². The number of carbonyl (C=O) groups is 3. The highest BCUT2D eigenvalue weighted by Crippen LogP contribution is 2.33. The molecule has 10 nitrogen and oxygen atoms in total. The molecule has 2 unspecified atom stereocenters. The van der Waals surface area contributed by atoms with Gasteiger partial charge in [-0.1, -0.05) is 74.0 Å². The normalized spacial score (nSPS) is 12.3. The molecule has 2 aromatic heterocycles. The highest BCUT2D eigenvalue weighted by molar-refractivity contribution is 6.31. The maximum absolute atomic E-state index is 15.2. The first-order chi connectivity index (χ1) is 26.0. The summed E-state index contributed by atoms with van der Waals surface area (Å²) in [6, 6.07) is 24.5. The van der Waals surface area contributed by atoms with Crippen LogP contribution in [0.3, 0.4) is 0 Å². The predicted molar refractivity (Wildman–Crippen MR) is 197 cm³/mol. The van der Waals surface area contributed by atoms with E-state index in [1.807, 2.05) is 0 Å². The summed E-state index contributed by atoms with van der Waals surface area (Å²) in [7, 11) is 0. The first-order valence-corrected chi connectivity index (χ1v) is 17.4. The maximum atomic E-state index is 15.2. The van der Waals surface area contributed by atoms with E-state index in [0.717, 1.165) is 12.3 Å². The Hall–Kier alpha value is -6.14. The topological polar surface area (TPSA) is 122 Å². The molecule has 0 saturated carbocycles. The van der Waals surface area contributed by atoms with E-state index in [0.29, 0.717) is 28.0 Å². The highest BCUT2D eigenvalue weighted by atomic mass is 35.5. The molecule has 13 heteroatoms. The molecule has 0 fully saturated rings. The van der Waals surface area contributed by atoms with Crippen LogP contribution in [0.25, 0.3) is 16.6 Å².